The number of carbonyl (C=O) groups excluding carboxylic acids is 2. The summed E-state index contributed by atoms with van der Waals surface area (Å²) >= 11 is 0. The van der Waals surface area contributed by atoms with Crippen molar-refractivity contribution in [1.29, 1.82) is 0 Å². The zero-order valence-electron chi connectivity index (χ0n) is 27.7. The van der Waals surface area contributed by atoms with Crippen molar-refractivity contribution in [2.75, 3.05) is 15.5 Å². The third-order valence-electron chi connectivity index (χ3n) is 8.69. The van der Waals surface area contributed by atoms with Crippen molar-refractivity contribution in [3.05, 3.63) is 94.3 Å². The molecule has 2 aliphatic heterocycles. The van der Waals surface area contributed by atoms with Crippen molar-refractivity contribution >= 4 is 35.1 Å². The number of piperidine rings is 1. The van der Waals surface area contributed by atoms with Crippen LogP contribution in [0.5, 0.6) is 0 Å². The van der Waals surface area contributed by atoms with Gasteiger partial charge < -0.3 is 21.3 Å². The molecule has 0 unspecified atom stereocenters. The molecule has 0 saturated carbocycles. The minimum absolute atomic E-state index is 0.0115. The van der Waals surface area contributed by atoms with E-state index in [1.165, 1.54) is 18.2 Å². The largest absolute Gasteiger partial charge is 0.351 e. The molecule has 1 aromatic heterocycles. The number of aryl methyl sites for hydroxylation is 2. The number of nitrogens with zero attached hydrogens (tertiary/aromatic N) is 3. The fourth-order valence-corrected chi connectivity index (χ4v) is 6.86. The molecule has 9 nitrogen and oxygen atoms in total. The maximum atomic E-state index is 15.2. The first-order valence-corrected chi connectivity index (χ1v) is 15.8. The Labute approximate surface area is 277 Å². The van der Waals surface area contributed by atoms with Crippen LogP contribution in [0.2, 0.25) is 0 Å². The molecule has 3 heterocycles. The van der Waals surface area contributed by atoms with Gasteiger partial charge in [0.25, 0.3) is 5.91 Å². The van der Waals surface area contributed by atoms with Gasteiger partial charge in [-0.1, -0.05) is 18.2 Å². The molecule has 0 bridgehead atoms. The molecule has 4 N–H and O–H groups in total. The van der Waals surface area contributed by atoms with E-state index in [0.717, 1.165) is 35.4 Å². The van der Waals surface area contributed by atoms with Crippen LogP contribution in [0.25, 0.3) is 11.3 Å². The summed E-state index contributed by atoms with van der Waals surface area (Å²) in [5.41, 5.74) is 2.25. The van der Waals surface area contributed by atoms with E-state index >= 15 is 8.78 Å². The minimum Gasteiger partial charge on any atom is -0.351 e. The molecule has 48 heavy (non-hydrogen) atoms. The van der Waals surface area contributed by atoms with Crippen molar-refractivity contribution in [2.24, 2.45) is 0 Å². The van der Waals surface area contributed by atoms with Crippen LogP contribution < -0.4 is 26.2 Å². The lowest BCUT2D eigenvalue weighted by Gasteiger charge is -2.46. The van der Waals surface area contributed by atoms with Gasteiger partial charge in [-0.05, 0) is 102 Å². The lowest BCUT2D eigenvalue weighted by Crippen LogP contribution is -2.60. The van der Waals surface area contributed by atoms with Crippen LogP contribution >= 0.6 is 0 Å². The average molecular weight is 658 g/mol. The standard InChI is InChI=1S/C36H38F3N7O2/c1-19-11-13-22(41-32(47)21-12-10-20(2)28(39)14-21)15-24(19)29-25-18-40-34(48)46(30-26(37)8-7-9-27(30)38)31(25)44-33(43-29)42-23-16-35(3,4)45-36(5,6)17-23/h7-15,23,45H,16-18H2,1-6H3,(H,40,48)(H,41,47)(H,42,43,44). The van der Waals surface area contributed by atoms with Gasteiger partial charge in [0.2, 0.25) is 5.95 Å². The fraction of sp³-hybridized carbons (Fsp3) is 0.333. The van der Waals surface area contributed by atoms with E-state index in [1.54, 1.807) is 31.2 Å². The summed E-state index contributed by atoms with van der Waals surface area (Å²) in [6, 6.07) is 12.1. The number of hydrogen-bond donors (Lipinski definition) is 4. The number of anilines is 4. The second kappa shape index (κ2) is 12.2. The highest BCUT2D eigenvalue weighted by Crippen LogP contribution is 2.40. The number of halogens is 3. The molecule has 0 radical (unpaired) electrons. The third-order valence-corrected chi connectivity index (χ3v) is 8.69. The lowest BCUT2D eigenvalue weighted by atomic mass is 9.80. The molecule has 0 aliphatic carbocycles. The quantitative estimate of drug-likeness (QED) is 0.171. The molecular weight excluding hydrogens is 619 g/mol. The van der Waals surface area contributed by atoms with E-state index in [4.69, 9.17) is 9.97 Å². The molecule has 250 valence electrons. The van der Waals surface area contributed by atoms with Crippen LogP contribution in [0.4, 0.5) is 41.1 Å². The first kappa shape index (κ1) is 33.0. The fourth-order valence-electron chi connectivity index (χ4n) is 6.86. The summed E-state index contributed by atoms with van der Waals surface area (Å²) in [6.07, 6.45) is 1.47. The van der Waals surface area contributed by atoms with Crippen LogP contribution in [-0.2, 0) is 6.54 Å². The second-order valence-electron chi connectivity index (χ2n) is 13.9. The number of urea groups is 1. The van der Waals surface area contributed by atoms with E-state index in [-0.39, 0.29) is 41.0 Å². The Morgan fingerprint density at radius 2 is 1.56 bits per heavy atom. The maximum absolute atomic E-state index is 15.2. The van der Waals surface area contributed by atoms with Gasteiger partial charge in [0, 0.05) is 39.5 Å². The molecular formula is C36H38F3N7O2. The van der Waals surface area contributed by atoms with Gasteiger partial charge in [-0.25, -0.2) is 27.8 Å². The van der Waals surface area contributed by atoms with Gasteiger partial charge in [0.05, 0.1) is 12.2 Å². The summed E-state index contributed by atoms with van der Waals surface area (Å²) in [7, 11) is 0. The molecule has 12 heteroatoms. The SMILES string of the molecule is Cc1ccc(C(=O)Nc2ccc(C)c(-c3nc(NC4CC(C)(C)NC(C)(C)C4)nc4c3CNC(=O)N4c3c(F)cccc3F)c2)cc1F. The molecule has 3 amide bonds. The molecule has 6 rings (SSSR count). The van der Waals surface area contributed by atoms with Crippen molar-refractivity contribution in [3.63, 3.8) is 0 Å². The van der Waals surface area contributed by atoms with Crippen LogP contribution in [0.3, 0.4) is 0 Å². The van der Waals surface area contributed by atoms with Crippen LogP contribution in [0, 0.1) is 31.3 Å². The Bertz CT molecular complexity index is 1910. The number of amides is 3. The number of carbonyl (C=O) groups is 2. The molecule has 3 aromatic carbocycles. The average Bonchev–Trinajstić information content (AvgIpc) is 2.98. The number of rotatable bonds is 6. The summed E-state index contributed by atoms with van der Waals surface area (Å²) in [5.74, 6) is -2.63. The number of hydrogen-bond acceptors (Lipinski definition) is 6. The Balaban J connectivity index is 1.47. The lowest BCUT2D eigenvalue weighted by molar-refractivity contribution is 0.102. The Kier molecular flexibility index (Phi) is 8.40. The molecule has 0 spiro atoms. The monoisotopic (exact) mass is 657 g/mol. The first-order valence-electron chi connectivity index (χ1n) is 15.8. The van der Waals surface area contributed by atoms with Crippen molar-refractivity contribution < 1.29 is 22.8 Å². The Morgan fingerprint density at radius 3 is 2.23 bits per heavy atom. The maximum Gasteiger partial charge on any atom is 0.328 e. The second-order valence-corrected chi connectivity index (χ2v) is 13.9. The normalized spacial score (nSPS) is 17.0. The summed E-state index contributed by atoms with van der Waals surface area (Å²) in [6.45, 7) is 11.9. The molecule has 1 fully saturated rings. The highest BCUT2D eigenvalue weighted by molar-refractivity contribution is 6.05. The van der Waals surface area contributed by atoms with Gasteiger partial charge in [-0.2, -0.15) is 4.98 Å². The highest BCUT2D eigenvalue weighted by Gasteiger charge is 2.39. The van der Waals surface area contributed by atoms with Gasteiger partial charge in [0.15, 0.2) is 5.82 Å². The Hall–Kier alpha value is -4.97. The van der Waals surface area contributed by atoms with E-state index in [0.29, 0.717) is 28.1 Å². The number of para-hydroxylation sites is 1. The third kappa shape index (κ3) is 6.57. The van der Waals surface area contributed by atoms with Crippen molar-refractivity contribution in [2.45, 2.75) is 78.0 Å². The zero-order chi connectivity index (χ0) is 34.5. The first-order chi connectivity index (χ1) is 22.6. The molecule has 0 atom stereocenters. The molecule has 4 aromatic rings. The minimum atomic E-state index is -0.928. The summed E-state index contributed by atoms with van der Waals surface area (Å²) < 4.78 is 44.6. The number of fused-ring (bicyclic) bond motifs is 1. The number of benzene rings is 3. The molecule has 2 aliphatic rings. The van der Waals surface area contributed by atoms with Crippen molar-refractivity contribution in [1.82, 2.24) is 20.6 Å². The van der Waals surface area contributed by atoms with Crippen LogP contribution in [0.1, 0.15) is 67.6 Å². The van der Waals surface area contributed by atoms with Gasteiger partial charge in [-0.15, -0.1) is 0 Å². The Morgan fingerprint density at radius 1 is 0.896 bits per heavy atom. The smallest absolute Gasteiger partial charge is 0.328 e. The number of nitrogens with one attached hydrogen (secondary N) is 4. The van der Waals surface area contributed by atoms with Crippen LogP contribution in [0.15, 0.2) is 54.6 Å². The number of aromatic nitrogens is 2. The van der Waals surface area contributed by atoms with Crippen molar-refractivity contribution in [3.8, 4) is 11.3 Å². The van der Waals surface area contributed by atoms with E-state index in [9.17, 15) is 14.0 Å². The predicted octanol–water partition coefficient (Wildman–Crippen LogP) is 7.51. The highest BCUT2D eigenvalue weighted by atomic mass is 19.1. The summed E-state index contributed by atoms with van der Waals surface area (Å²) in [4.78, 5) is 37.0. The van der Waals surface area contributed by atoms with E-state index in [1.807, 2.05) is 6.92 Å². The van der Waals surface area contributed by atoms with Gasteiger partial charge in [-0.3, -0.25) is 4.79 Å². The predicted molar refractivity (Wildman–Crippen MR) is 180 cm³/mol. The summed E-state index contributed by atoms with van der Waals surface area (Å²) in [5, 5.41) is 12.6. The van der Waals surface area contributed by atoms with E-state index in [2.05, 4.69) is 49.0 Å². The van der Waals surface area contributed by atoms with Crippen LogP contribution in [-0.4, -0.2) is 39.0 Å². The van der Waals surface area contributed by atoms with Gasteiger partial charge >= 0.3 is 6.03 Å². The van der Waals surface area contributed by atoms with E-state index < -0.39 is 35.1 Å². The topological polar surface area (TPSA) is 111 Å². The molecule has 1 saturated heterocycles. The van der Waals surface area contributed by atoms with Gasteiger partial charge in [0.1, 0.15) is 23.1 Å². The zero-order valence-corrected chi connectivity index (χ0v) is 27.7.